The van der Waals surface area contributed by atoms with E-state index < -0.39 is 17.4 Å². The van der Waals surface area contributed by atoms with E-state index in [0.717, 1.165) is 12.8 Å². The van der Waals surface area contributed by atoms with E-state index in [1.54, 1.807) is 6.92 Å². The summed E-state index contributed by atoms with van der Waals surface area (Å²) in [6, 6.07) is 0. The Labute approximate surface area is 209 Å². The van der Waals surface area contributed by atoms with Crippen molar-refractivity contribution < 1.29 is 19.4 Å². The second-order valence-corrected chi connectivity index (χ2v) is 11.1. The van der Waals surface area contributed by atoms with E-state index in [0.29, 0.717) is 6.42 Å². The second kappa shape index (κ2) is 15.8. The van der Waals surface area contributed by atoms with E-state index >= 15 is 0 Å². The molecule has 1 heterocycles. The first-order valence-electron chi connectivity index (χ1n) is 14.0. The lowest BCUT2D eigenvalue weighted by Gasteiger charge is -2.40. The van der Waals surface area contributed by atoms with Gasteiger partial charge in [0.05, 0.1) is 11.2 Å². The predicted octanol–water partition coefficient (Wildman–Crippen LogP) is 6.75. The molecule has 34 heavy (non-hydrogen) atoms. The highest BCUT2D eigenvalue weighted by molar-refractivity contribution is 5.88. The van der Waals surface area contributed by atoms with Crippen molar-refractivity contribution in [1.29, 1.82) is 0 Å². The number of nitrogens with zero attached hydrogens (tertiary/aromatic N) is 2. The molecule has 0 aromatic carbocycles. The van der Waals surface area contributed by atoms with Crippen LogP contribution in [0.1, 0.15) is 144 Å². The van der Waals surface area contributed by atoms with E-state index in [1.165, 1.54) is 88.4 Å². The van der Waals surface area contributed by atoms with Crippen LogP contribution in [0.15, 0.2) is 0 Å². The van der Waals surface area contributed by atoms with E-state index in [4.69, 9.17) is 4.74 Å². The summed E-state index contributed by atoms with van der Waals surface area (Å²) in [4.78, 5) is 28.3. The van der Waals surface area contributed by atoms with Gasteiger partial charge < -0.3 is 9.84 Å². The van der Waals surface area contributed by atoms with Crippen LogP contribution in [0.2, 0.25) is 0 Å². The molecule has 0 bridgehead atoms. The fourth-order valence-electron chi connectivity index (χ4n) is 5.27. The van der Waals surface area contributed by atoms with Crippen molar-refractivity contribution in [3.8, 4) is 0 Å². The average molecular weight is 483 g/mol. The van der Waals surface area contributed by atoms with Crippen molar-refractivity contribution in [2.45, 2.75) is 162 Å². The van der Waals surface area contributed by atoms with Gasteiger partial charge in [-0.3, -0.25) is 14.5 Å². The highest BCUT2D eigenvalue weighted by Crippen LogP contribution is 2.39. The Kier molecular flexibility index (Phi) is 14.3. The van der Waals surface area contributed by atoms with Gasteiger partial charge in [-0.1, -0.05) is 96.8 Å². The molecule has 0 radical (unpaired) electrons. The van der Waals surface area contributed by atoms with Crippen LogP contribution in [-0.4, -0.2) is 50.9 Å². The van der Waals surface area contributed by atoms with Gasteiger partial charge in [-0.15, -0.1) is 0 Å². The number of carbonyl (C=O) groups excluding carboxylic acids is 2. The topological polar surface area (TPSA) is 70.1 Å². The van der Waals surface area contributed by atoms with Gasteiger partial charge in [0.15, 0.2) is 0 Å². The van der Waals surface area contributed by atoms with Gasteiger partial charge >= 0.3 is 5.97 Å². The maximum absolute atomic E-state index is 12.8. The van der Waals surface area contributed by atoms with Crippen LogP contribution in [0.25, 0.3) is 0 Å². The Morgan fingerprint density at radius 3 is 1.62 bits per heavy atom. The molecule has 200 valence electrons. The lowest BCUT2D eigenvalue weighted by atomic mass is 10.0. The van der Waals surface area contributed by atoms with Crippen LogP contribution in [0, 0.1) is 0 Å². The van der Waals surface area contributed by atoms with Crippen LogP contribution in [0.5, 0.6) is 0 Å². The van der Waals surface area contributed by atoms with Gasteiger partial charge in [0.1, 0.15) is 13.0 Å². The van der Waals surface area contributed by atoms with Gasteiger partial charge in [0.2, 0.25) is 5.91 Å². The largest absolute Gasteiger partial charge is 0.449 e. The summed E-state index contributed by atoms with van der Waals surface area (Å²) in [6.45, 7) is 11.3. The molecule has 1 amide bonds. The minimum absolute atomic E-state index is 0.0481. The number of aliphatic hydroxyl groups excluding tert-OH is 1. The Morgan fingerprint density at radius 2 is 1.24 bits per heavy atom. The summed E-state index contributed by atoms with van der Waals surface area (Å²) in [5.41, 5.74) is -1.57. The number of hydrogen-bond acceptors (Lipinski definition) is 5. The minimum Gasteiger partial charge on any atom is -0.449 e. The smallest absolute Gasteiger partial charge is 0.307 e. The molecular formula is C28H54N2O4. The van der Waals surface area contributed by atoms with E-state index in [-0.39, 0.29) is 18.6 Å². The third-order valence-corrected chi connectivity index (χ3v) is 7.38. The standard InChI is InChI=1S/C28H54N2O4/c1-7-8-9-10-11-12-13-14-15-16-17-18-19-20-21-22-25(32)34-23-29-27(3,4)26(33)30(24(2)31)28(29,5)6/h24,31H,7-23H2,1-6H3. The van der Waals surface area contributed by atoms with Crippen LogP contribution in [0.3, 0.4) is 0 Å². The number of hydrogen-bond donors (Lipinski definition) is 1. The number of aliphatic hydroxyl groups is 1. The van der Waals surface area contributed by atoms with E-state index in [1.807, 2.05) is 32.6 Å². The molecule has 0 saturated carbocycles. The summed E-state index contributed by atoms with van der Waals surface area (Å²) < 4.78 is 5.52. The first-order valence-corrected chi connectivity index (χ1v) is 14.0. The van der Waals surface area contributed by atoms with Gasteiger partial charge in [-0.05, 0) is 41.0 Å². The highest BCUT2D eigenvalue weighted by atomic mass is 16.5. The molecule has 0 aromatic heterocycles. The van der Waals surface area contributed by atoms with Crippen molar-refractivity contribution in [1.82, 2.24) is 9.80 Å². The molecule has 1 unspecified atom stereocenters. The molecule has 1 aliphatic heterocycles. The predicted molar refractivity (Wildman–Crippen MR) is 139 cm³/mol. The van der Waals surface area contributed by atoms with Crippen LogP contribution >= 0.6 is 0 Å². The van der Waals surface area contributed by atoms with Crippen molar-refractivity contribution in [2.24, 2.45) is 0 Å². The fraction of sp³-hybridized carbons (Fsp3) is 0.929. The third-order valence-electron chi connectivity index (χ3n) is 7.38. The normalized spacial score (nSPS) is 18.4. The SMILES string of the molecule is CCCCCCCCCCCCCCCCCC(=O)OCN1C(C)(C)C(=O)N(C(C)O)C1(C)C. The Bertz CT molecular complexity index is 589. The highest BCUT2D eigenvalue weighted by Gasteiger charge is 2.57. The molecule has 0 aromatic rings. The Balaban J connectivity index is 2.08. The molecule has 1 saturated heterocycles. The lowest BCUT2D eigenvalue weighted by Crippen LogP contribution is -2.54. The fourth-order valence-corrected chi connectivity index (χ4v) is 5.27. The van der Waals surface area contributed by atoms with Gasteiger partial charge in [-0.2, -0.15) is 0 Å². The zero-order chi connectivity index (χ0) is 25.6. The van der Waals surface area contributed by atoms with Gasteiger partial charge in [0.25, 0.3) is 0 Å². The second-order valence-electron chi connectivity index (χ2n) is 11.1. The van der Waals surface area contributed by atoms with Crippen molar-refractivity contribution in [3.63, 3.8) is 0 Å². The number of esters is 1. The molecule has 1 fully saturated rings. The van der Waals surface area contributed by atoms with Crippen LogP contribution < -0.4 is 0 Å². The maximum Gasteiger partial charge on any atom is 0.307 e. The first kappa shape index (κ1) is 30.9. The monoisotopic (exact) mass is 482 g/mol. The summed E-state index contributed by atoms with van der Waals surface area (Å²) in [6.07, 6.45) is 19.0. The minimum atomic E-state index is -0.900. The van der Waals surface area contributed by atoms with Gasteiger partial charge in [0, 0.05) is 6.42 Å². The molecule has 6 heteroatoms. The Morgan fingerprint density at radius 1 is 0.824 bits per heavy atom. The van der Waals surface area contributed by atoms with Crippen LogP contribution in [0.4, 0.5) is 0 Å². The molecule has 6 nitrogen and oxygen atoms in total. The molecule has 1 rings (SSSR count). The molecule has 0 aliphatic carbocycles. The van der Waals surface area contributed by atoms with Crippen molar-refractivity contribution in [3.05, 3.63) is 0 Å². The molecule has 1 atom stereocenters. The third kappa shape index (κ3) is 9.85. The molecule has 1 aliphatic rings. The molecular weight excluding hydrogens is 428 g/mol. The quantitative estimate of drug-likeness (QED) is 0.163. The van der Waals surface area contributed by atoms with Gasteiger partial charge in [-0.25, -0.2) is 4.90 Å². The first-order chi connectivity index (χ1) is 16.1. The molecule has 1 N–H and O–H groups in total. The van der Waals surface area contributed by atoms with Crippen LogP contribution in [-0.2, 0) is 14.3 Å². The average Bonchev–Trinajstić information content (AvgIpc) is 2.89. The van der Waals surface area contributed by atoms with E-state index in [9.17, 15) is 14.7 Å². The lowest BCUT2D eigenvalue weighted by molar-refractivity contribution is -0.157. The summed E-state index contributed by atoms with van der Waals surface area (Å²) in [5.74, 6) is -0.379. The Hall–Kier alpha value is -1.14. The summed E-state index contributed by atoms with van der Waals surface area (Å²) >= 11 is 0. The number of rotatable bonds is 19. The summed E-state index contributed by atoms with van der Waals surface area (Å²) in [5, 5.41) is 10.1. The van der Waals surface area contributed by atoms with Crippen molar-refractivity contribution in [2.75, 3.05) is 6.73 Å². The van der Waals surface area contributed by atoms with E-state index in [2.05, 4.69) is 6.92 Å². The number of carbonyl (C=O) groups is 2. The number of unbranched alkanes of at least 4 members (excludes halogenated alkanes) is 14. The molecule has 0 spiro atoms. The number of amides is 1. The van der Waals surface area contributed by atoms with Crippen molar-refractivity contribution >= 4 is 11.9 Å². The zero-order valence-corrected chi connectivity index (χ0v) is 23.2. The zero-order valence-electron chi connectivity index (χ0n) is 23.2. The summed E-state index contributed by atoms with van der Waals surface area (Å²) in [7, 11) is 0. The maximum atomic E-state index is 12.8. The number of ether oxygens (including phenoxy) is 1.